The molecule has 1 saturated heterocycles. The van der Waals surface area contributed by atoms with Crippen molar-refractivity contribution in [3.63, 3.8) is 0 Å². The summed E-state index contributed by atoms with van der Waals surface area (Å²) in [6.45, 7) is 3.31. The fourth-order valence-electron chi connectivity index (χ4n) is 2.44. The van der Waals surface area contributed by atoms with Gasteiger partial charge in [-0.3, -0.25) is 0 Å². The lowest BCUT2D eigenvalue weighted by molar-refractivity contribution is 0.122. The number of hydrogen-bond donors (Lipinski definition) is 1. The van der Waals surface area contributed by atoms with Crippen LogP contribution < -0.4 is 10.6 Å². The molecule has 0 bridgehead atoms. The number of nitrogens with zero attached hydrogens (tertiary/aromatic N) is 3. The average molecular weight is 234 g/mol. The van der Waals surface area contributed by atoms with E-state index in [9.17, 15) is 0 Å². The van der Waals surface area contributed by atoms with E-state index in [1.807, 2.05) is 6.20 Å². The van der Waals surface area contributed by atoms with Crippen LogP contribution in [0.25, 0.3) is 0 Å². The van der Waals surface area contributed by atoms with Crippen LogP contribution in [-0.2, 0) is 17.6 Å². The minimum atomic E-state index is 0.278. The molecule has 0 radical (unpaired) electrons. The van der Waals surface area contributed by atoms with Crippen molar-refractivity contribution in [1.82, 2.24) is 9.97 Å². The number of ether oxygens (including phenoxy) is 1. The van der Waals surface area contributed by atoms with Crippen molar-refractivity contribution in [3.8, 4) is 0 Å². The minimum absolute atomic E-state index is 0.278. The van der Waals surface area contributed by atoms with Gasteiger partial charge in [-0.2, -0.15) is 0 Å². The van der Waals surface area contributed by atoms with Gasteiger partial charge < -0.3 is 15.4 Å². The van der Waals surface area contributed by atoms with Crippen LogP contribution in [0.3, 0.4) is 0 Å². The molecule has 2 aliphatic rings. The fourth-order valence-corrected chi connectivity index (χ4v) is 2.44. The molecule has 0 saturated carbocycles. The van der Waals surface area contributed by atoms with Crippen LogP contribution in [-0.4, -0.2) is 42.3 Å². The van der Waals surface area contributed by atoms with Gasteiger partial charge in [-0.05, 0) is 24.8 Å². The van der Waals surface area contributed by atoms with Crippen molar-refractivity contribution in [3.05, 3.63) is 17.5 Å². The first-order chi connectivity index (χ1) is 8.33. The van der Waals surface area contributed by atoms with Gasteiger partial charge in [0.05, 0.1) is 13.2 Å². The molecular formula is C12H18N4O. The Labute approximate surface area is 101 Å². The Hall–Kier alpha value is -1.20. The Morgan fingerprint density at radius 1 is 1.35 bits per heavy atom. The first-order valence-electron chi connectivity index (χ1n) is 6.26. The number of aryl methyl sites for hydroxylation is 1. The first-order valence-corrected chi connectivity index (χ1v) is 6.26. The predicted octanol–water partition coefficient (Wildman–Crippen LogP) is 0.129. The van der Waals surface area contributed by atoms with Crippen LogP contribution in [0.15, 0.2) is 6.20 Å². The summed E-state index contributed by atoms with van der Waals surface area (Å²) in [6, 6.07) is 0.278. The maximum absolute atomic E-state index is 5.95. The summed E-state index contributed by atoms with van der Waals surface area (Å²) >= 11 is 0. The molecule has 0 amide bonds. The van der Waals surface area contributed by atoms with Gasteiger partial charge in [0.15, 0.2) is 0 Å². The highest BCUT2D eigenvalue weighted by Gasteiger charge is 2.20. The molecule has 0 spiro atoms. The Balaban J connectivity index is 1.82. The van der Waals surface area contributed by atoms with Crippen LogP contribution in [0.2, 0.25) is 0 Å². The molecule has 3 rings (SSSR count). The van der Waals surface area contributed by atoms with Crippen molar-refractivity contribution in [2.24, 2.45) is 5.73 Å². The normalized spacial score (nSPS) is 24.5. The largest absolute Gasteiger partial charge is 0.378 e. The zero-order valence-electron chi connectivity index (χ0n) is 9.93. The van der Waals surface area contributed by atoms with Crippen LogP contribution >= 0.6 is 0 Å². The number of nitrogens with two attached hydrogens (primary N) is 1. The molecule has 1 fully saturated rings. The van der Waals surface area contributed by atoms with Crippen molar-refractivity contribution < 1.29 is 4.74 Å². The van der Waals surface area contributed by atoms with E-state index in [1.165, 1.54) is 11.3 Å². The Kier molecular flexibility index (Phi) is 2.94. The third-order valence-electron chi connectivity index (χ3n) is 3.47. The smallest absolute Gasteiger partial charge is 0.225 e. The molecule has 1 aliphatic carbocycles. The maximum Gasteiger partial charge on any atom is 0.225 e. The highest BCUT2D eigenvalue weighted by molar-refractivity contribution is 5.35. The third-order valence-corrected chi connectivity index (χ3v) is 3.47. The SMILES string of the molecule is N[C@@H]1CCc2nc(N3CCOCC3)ncc2C1. The molecule has 0 aromatic carbocycles. The number of aromatic nitrogens is 2. The van der Waals surface area contributed by atoms with Gasteiger partial charge in [0, 0.05) is 31.0 Å². The van der Waals surface area contributed by atoms with Gasteiger partial charge >= 0.3 is 0 Å². The molecule has 2 N–H and O–H groups in total. The Morgan fingerprint density at radius 3 is 3.00 bits per heavy atom. The second-order valence-corrected chi connectivity index (χ2v) is 4.74. The molecule has 92 valence electrons. The molecule has 1 aliphatic heterocycles. The molecule has 5 heteroatoms. The highest BCUT2D eigenvalue weighted by atomic mass is 16.5. The highest BCUT2D eigenvalue weighted by Crippen LogP contribution is 2.20. The number of morpholine rings is 1. The lowest BCUT2D eigenvalue weighted by atomic mass is 9.94. The van der Waals surface area contributed by atoms with Crippen molar-refractivity contribution in [1.29, 1.82) is 0 Å². The summed E-state index contributed by atoms with van der Waals surface area (Å²) in [6.07, 6.45) is 4.88. The topological polar surface area (TPSA) is 64.3 Å². The average Bonchev–Trinajstić information content (AvgIpc) is 2.39. The lowest BCUT2D eigenvalue weighted by Gasteiger charge is -2.28. The van der Waals surface area contributed by atoms with E-state index in [-0.39, 0.29) is 6.04 Å². The number of hydrogen-bond acceptors (Lipinski definition) is 5. The van der Waals surface area contributed by atoms with Crippen LogP contribution in [0.5, 0.6) is 0 Å². The predicted molar refractivity (Wildman–Crippen MR) is 65.1 cm³/mol. The minimum Gasteiger partial charge on any atom is -0.378 e. The van der Waals surface area contributed by atoms with E-state index >= 15 is 0 Å². The van der Waals surface area contributed by atoms with Gasteiger partial charge in [-0.25, -0.2) is 9.97 Å². The van der Waals surface area contributed by atoms with Gasteiger partial charge in [0.25, 0.3) is 0 Å². The molecule has 1 atom stereocenters. The zero-order valence-corrected chi connectivity index (χ0v) is 9.93. The summed E-state index contributed by atoms with van der Waals surface area (Å²) in [7, 11) is 0. The molecule has 1 aromatic rings. The first kappa shape index (κ1) is 10.9. The number of anilines is 1. The quantitative estimate of drug-likeness (QED) is 0.748. The van der Waals surface area contributed by atoms with E-state index in [4.69, 9.17) is 10.5 Å². The molecule has 1 aromatic heterocycles. The fraction of sp³-hybridized carbons (Fsp3) is 0.667. The second-order valence-electron chi connectivity index (χ2n) is 4.74. The van der Waals surface area contributed by atoms with E-state index in [2.05, 4.69) is 14.9 Å². The van der Waals surface area contributed by atoms with Gasteiger partial charge in [-0.15, -0.1) is 0 Å². The Morgan fingerprint density at radius 2 is 2.18 bits per heavy atom. The third kappa shape index (κ3) is 2.25. The van der Waals surface area contributed by atoms with Gasteiger partial charge in [-0.1, -0.05) is 0 Å². The van der Waals surface area contributed by atoms with Crippen LogP contribution in [0, 0.1) is 0 Å². The summed E-state index contributed by atoms with van der Waals surface area (Å²) in [4.78, 5) is 11.3. The Bertz CT molecular complexity index is 403. The summed E-state index contributed by atoms with van der Waals surface area (Å²) in [5.74, 6) is 0.850. The monoisotopic (exact) mass is 234 g/mol. The zero-order chi connectivity index (χ0) is 11.7. The van der Waals surface area contributed by atoms with E-state index < -0.39 is 0 Å². The van der Waals surface area contributed by atoms with E-state index in [1.54, 1.807) is 0 Å². The molecule has 17 heavy (non-hydrogen) atoms. The maximum atomic E-state index is 5.95. The van der Waals surface area contributed by atoms with Crippen LogP contribution in [0.4, 0.5) is 5.95 Å². The van der Waals surface area contributed by atoms with Crippen molar-refractivity contribution >= 4 is 5.95 Å². The molecule has 2 heterocycles. The van der Waals surface area contributed by atoms with E-state index in [0.29, 0.717) is 0 Å². The number of rotatable bonds is 1. The summed E-state index contributed by atoms with van der Waals surface area (Å²) in [5, 5.41) is 0. The van der Waals surface area contributed by atoms with Crippen molar-refractivity contribution in [2.45, 2.75) is 25.3 Å². The number of fused-ring (bicyclic) bond motifs is 1. The standard InChI is InChI=1S/C12H18N4O/c13-10-1-2-11-9(7-10)8-14-12(15-11)16-3-5-17-6-4-16/h8,10H,1-7,13H2/t10-/m1/s1. The molecule has 0 unspecified atom stereocenters. The van der Waals surface area contributed by atoms with Gasteiger partial charge in [0.1, 0.15) is 0 Å². The van der Waals surface area contributed by atoms with Gasteiger partial charge in [0.2, 0.25) is 5.95 Å². The lowest BCUT2D eigenvalue weighted by Crippen LogP contribution is -2.38. The summed E-state index contributed by atoms with van der Waals surface area (Å²) < 4.78 is 5.33. The molecule has 5 nitrogen and oxygen atoms in total. The molecular weight excluding hydrogens is 216 g/mol. The summed E-state index contributed by atoms with van der Waals surface area (Å²) in [5.41, 5.74) is 8.35. The van der Waals surface area contributed by atoms with Crippen LogP contribution in [0.1, 0.15) is 17.7 Å². The van der Waals surface area contributed by atoms with E-state index in [0.717, 1.165) is 51.5 Å². The second kappa shape index (κ2) is 4.58. The van der Waals surface area contributed by atoms with Crippen molar-refractivity contribution in [2.75, 3.05) is 31.2 Å².